The lowest BCUT2D eigenvalue weighted by molar-refractivity contribution is -0.134. The van der Waals surface area contributed by atoms with Crippen molar-refractivity contribution in [1.29, 1.82) is 0 Å². The Kier molecular flexibility index (Phi) is 4.64. The molecule has 3 fully saturated rings. The third-order valence-corrected chi connectivity index (χ3v) is 5.27. The molecule has 2 aliphatic carbocycles. The molecule has 1 N–H and O–H groups in total. The van der Waals surface area contributed by atoms with Gasteiger partial charge in [-0.15, -0.1) is 0 Å². The van der Waals surface area contributed by atoms with Crippen LogP contribution in [-0.2, 0) is 4.79 Å². The largest absolute Gasteiger partial charge is 0.493 e. The molecule has 4 rings (SSSR count). The van der Waals surface area contributed by atoms with Gasteiger partial charge in [-0.25, -0.2) is 0 Å². The topological polar surface area (TPSA) is 58.6 Å². The van der Waals surface area contributed by atoms with Crippen LogP contribution >= 0.6 is 0 Å². The van der Waals surface area contributed by atoms with Gasteiger partial charge in [0.15, 0.2) is 0 Å². The summed E-state index contributed by atoms with van der Waals surface area (Å²) in [6, 6.07) is 7.72. The highest BCUT2D eigenvalue weighted by atomic mass is 16.5. The molecule has 1 atom stereocenters. The average molecular weight is 342 g/mol. The maximum atomic E-state index is 12.2. The van der Waals surface area contributed by atoms with Crippen molar-refractivity contribution in [3.63, 3.8) is 0 Å². The molecule has 134 valence electrons. The molecule has 5 nitrogen and oxygen atoms in total. The van der Waals surface area contributed by atoms with Gasteiger partial charge >= 0.3 is 0 Å². The van der Waals surface area contributed by atoms with E-state index in [1.54, 1.807) is 0 Å². The van der Waals surface area contributed by atoms with Gasteiger partial charge in [0.1, 0.15) is 5.75 Å². The number of nitrogens with zero attached hydrogens (tertiary/aromatic N) is 1. The Morgan fingerprint density at radius 1 is 1.08 bits per heavy atom. The Bertz CT molecular complexity index is 635. The molecule has 25 heavy (non-hydrogen) atoms. The summed E-state index contributed by atoms with van der Waals surface area (Å²) >= 11 is 0. The lowest BCUT2D eigenvalue weighted by Gasteiger charge is -2.32. The lowest BCUT2D eigenvalue weighted by atomic mass is 9.98. The van der Waals surface area contributed by atoms with Crippen molar-refractivity contribution in [2.45, 2.75) is 44.6 Å². The van der Waals surface area contributed by atoms with E-state index in [0.29, 0.717) is 36.0 Å². The van der Waals surface area contributed by atoms with E-state index in [9.17, 15) is 9.59 Å². The summed E-state index contributed by atoms with van der Waals surface area (Å²) in [5, 5.41) is 2.99. The Hall–Kier alpha value is -2.04. The van der Waals surface area contributed by atoms with Crippen LogP contribution < -0.4 is 10.1 Å². The van der Waals surface area contributed by atoms with Crippen molar-refractivity contribution in [2.75, 3.05) is 19.7 Å². The van der Waals surface area contributed by atoms with Crippen LogP contribution in [0.5, 0.6) is 5.75 Å². The summed E-state index contributed by atoms with van der Waals surface area (Å²) in [5.74, 6) is 1.82. The number of rotatable bonds is 6. The molecule has 2 amide bonds. The summed E-state index contributed by atoms with van der Waals surface area (Å²) in [5.41, 5.74) is 0.679. The maximum absolute atomic E-state index is 12.2. The molecule has 2 saturated carbocycles. The van der Waals surface area contributed by atoms with Gasteiger partial charge in [-0.05, 0) is 62.8 Å². The highest BCUT2D eigenvalue weighted by Crippen LogP contribution is 2.32. The van der Waals surface area contributed by atoms with Gasteiger partial charge in [-0.3, -0.25) is 9.59 Å². The maximum Gasteiger partial charge on any atom is 0.251 e. The zero-order valence-corrected chi connectivity index (χ0v) is 14.6. The number of hydrogen-bond donors (Lipinski definition) is 1. The van der Waals surface area contributed by atoms with Crippen LogP contribution in [0.2, 0.25) is 0 Å². The van der Waals surface area contributed by atoms with Gasteiger partial charge in [0.25, 0.3) is 5.91 Å². The number of amides is 2. The standard InChI is InChI=1S/C20H26N2O3/c23-19(21-17-7-8-17)15-5-9-18(10-6-15)25-13-14-2-1-11-22(12-14)20(24)16-3-4-16/h5-6,9-10,14,16-17H,1-4,7-8,11-13H2,(H,21,23)/t14-/m1/s1. The fourth-order valence-electron chi connectivity index (χ4n) is 3.40. The molecule has 5 heteroatoms. The second kappa shape index (κ2) is 7.06. The van der Waals surface area contributed by atoms with E-state index in [0.717, 1.165) is 57.4 Å². The minimum Gasteiger partial charge on any atom is -0.493 e. The van der Waals surface area contributed by atoms with Crippen LogP contribution in [0.25, 0.3) is 0 Å². The average Bonchev–Trinajstić information content (AvgIpc) is 3.54. The second-order valence-corrected chi connectivity index (χ2v) is 7.65. The van der Waals surface area contributed by atoms with Crippen LogP contribution in [0, 0.1) is 11.8 Å². The Balaban J connectivity index is 1.25. The predicted octanol–water partition coefficient (Wildman–Crippen LogP) is 2.61. The monoisotopic (exact) mass is 342 g/mol. The van der Waals surface area contributed by atoms with Crippen molar-refractivity contribution in [3.05, 3.63) is 29.8 Å². The third kappa shape index (κ3) is 4.33. The molecule has 0 radical (unpaired) electrons. The van der Waals surface area contributed by atoms with Crippen molar-refractivity contribution in [2.24, 2.45) is 11.8 Å². The molecule has 0 aromatic heterocycles. The summed E-state index contributed by atoms with van der Waals surface area (Å²) in [7, 11) is 0. The number of piperidine rings is 1. The number of carbonyl (C=O) groups excluding carboxylic acids is 2. The summed E-state index contributed by atoms with van der Waals surface area (Å²) < 4.78 is 5.91. The lowest BCUT2D eigenvalue weighted by Crippen LogP contribution is -2.42. The first-order valence-corrected chi connectivity index (χ1v) is 9.51. The Labute approximate surface area is 148 Å². The number of ether oxygens (including phenoxy) is 1. The number of carbonyl (C=O) groups is 2. The summed E-state index contributed by atoms with van der Waals surface area (Å²) in [6.07, 6.45) is 6.49. The minimum atomic E-state index is -0.00411. The SMILES string of the molecule is O=C(NC1CC1)c1ccc(OC[C@@H]2CCCN(C(=O)C3CC3)C2)cc1. The fraction of sp³-hybridized carbons (Fsp3) is 0.600. The number of benzene rings is 1. The van der Waals surface area contributed by atoms with Crippen LogP contribution in [-0.4, -0.2) is 42.5 Å². The number of nitrogens with one attached hydrogen (secondary N) is 1. The highest BCUT2D eigenvalue weighted by Gasteiger charge is 2.35. The Morgan fingerprint density at radius 2 is 1.84 bits per heavy atom. The first-order valence-electron chi connectivity index (χ1n) is 9.51. The zero-order chi connectivity index (χ0) is 17.2. The molecule has 1 aliphatic heterocycles. The van der Waals surface area contributed by atoms with Gasteiger partial charge in [-0.1, -0.05) is 0 Å². The predicted molar refractivity (Wildman–Crippen MR) is 94.5 cm³/mol. The smallest absolute Gasteiger partial charge is 0.251 e. The molecule has 1 aromatic rings. The van der Waals surface area contributed by atoms with Gasteiger partial charge < -0.3 is 15.0 Å². The molecule has 3 aliphatic rings. The van der Waals surface area contributed by atoms with Crippen molar-refractivity contribution < 1.29 is 14.3 Å². The Morgan fingerprint density at radius 3 is 2.52 bits per heavy atom. The second-order valence-electron chi connectivity index (χ2n) is 7.65. The third-order valence-electron chi connectivity index (χ3n) is 5.27. The van der Waals surface area contributed by atoms with E-state index in [1.165, 1.54) is 0 Å². The van der Waals surface area contributed by atoms with E-state index < -0.39 is 0 Å². The van der Waals surface area contributed by atoms with Crippen LogP contribution in [0.1, 0.15) is 48.9 Å². The van der Waals surface area contributed by atoms with Crippen molar-refractivity contribution in [1.82, 2.24) is 10.2 Å². The van der Waals surface area contributed by atoms with E-state index in [1.807, 2.05) is 29.2 Å². The number of hydrogen-bond acceptors (Lipinski definition) is 3. The van der Waals surface area contributed by atoms with Crippen LogP contribution in [0.15, 0.2) is 24.3 Å². The van der Waals surface area contributed by atoms with Gasteiger partial charge in [0, 0.05) is 36.5 Å². The van der Waals surface area contributed by atoms with E-state index in [-0.39, 0.29) is 5.91 Å². The van der Waals surface area contributed by atoms with Crippen LogP contribution in [0.3, 0.4) is 0 Å². The van der Waals surface area contributed by atoms with Gasteiger partial charge in [-0.2, -0.15) is 0 Å². The minimum absolute atomic E-state index is 0.00411. The van der Waals surface area contributed by atoms with Crippen LogP contribution in [0.4, 0.5) is 0 Å². The molecular weight excluding hydrogens is 316 g/mol. The molecule has 1 aromatic carbocycles. The molecular formula is C20H26N2O3. The first kappa shape index (κ1) is 16.4. The normalized spacial score (nSPS) is 23.2. The fourth-order valence-corrected chi connectivity index (χ4v) is 3.40. The molecule has 0 bridgehead atoms. The molecule has 1 saturated heterocycles. The quantitative estimate of drug-likeness (QED) is 0.864. The first-order chi connectivity index (χ1) is 12.2. The molecule has 1 heterocycles. The molecule has 0 spiro atoms. The van der Waals surface area contributed by atoms with Gasteiger partial charge in [0.05, 0.1) is 6.61 Å². The van der Waals surface area contributed by atoms with E-state index in [2.05, 4.69) is 5.32 Å². The summed E-state index contributed by atoms with van der Waals surface area (Å²) in [4.78, 5) is 26.2. The van der Waals surface area contributed by atoms with Gasteiger partial charge in [0.2, 0.25) is 5.91 Å². The van der Waals surface area contributed by atoms with Crippen molar-refractivity contribution >= 4 is 11.8 Å². The highest BCUT2D eigenvalue weighted by molar-refractivity contribution is 5.94. The van der Waals surface area contributed by atoms with E-state index in [4.69, 9.17) is 4.74 Å². The zero-order valence-electron chi connectivity index (χ0n) is 14.6. The summed E-state index contributed by atoms with van der Waals surface area (Å²) in [6.45, 7) is 2.34. The number of likely N-dealkylation sites (tertiary alicyclic amines) is 1. The molecule has 0 unspecified atom stereocenters. The van der Waals surface area contributed by atoms with Crippen molar-refractivity contribution in [3.8, 4) is 5.75 Å². The van der Waals surface area contributed by atoms with E-state index >= 15 is 0 Å².